The summed E-state index contributed by atoms with van der Waals surface area (Å²) in [5.41, 5.74) is 0.429. The standard InChI is InChI=1S/C10H10Cl2N2O/c1-14(2)4-3-8(15)7-5-9(11)13-10(12)6-7/h3-6H,1-2H3. The van der Waals surface area contributed by atoms with Gasteiger partial charge in [-0.05, 0) is 12.1 Å². The first-order valence-electron chi connectivity index (χ1n) is 4.21. The van der Waals surface area contributed by atoms with Crippen molar-refractivity contribution in [3.63, 3.8) is 0 Å². The van der Waals surface area contributed by atoms with Gasteiger partial charge in [-0.2, -0.15) is 0 Å². The highest BCUT2D eigenvalue weighted by Gasteiger charge is 2.05. The maximum atomic E-state index is 11.6. The lowest BCUT2D eigenvalue weighted by Crippen LogP contribution is -2.03. The van der Waals surface area contributed by atoms with Gasteiger partial charge < -0.3 is 4.90 Å². The quantitative estimate of drug-likeness (QED) is 0.466. The van der Waals surface area contributed by atoms with Crippen molar-refractivity contribution in [2.24, 2.45) is 0 Å². The summed E-state index contributed by atoms with van der Waals surface area (Å²) in [7, 11) is 3.66. The number of carbonyl (C=O) groups is 1. The number of halogens is 2. The first-order chi connectivity index (χ1) is 6.99. The van der Waals surface area contributed by atoms with Crippen molar-refractivity contribution in [1.82, 2.24) is 9.88 Å². The molecule has 0 spiro atoms. The monoisotopic (exact) mass is 244 g/mol. The fourth-order valence-corrected chi connectivity index (χ4v) is 1.38. The van der Waals surface area contributed by atoms with Crippen molar-refractivity contribution in [3.8, 4) is 0 Å². The summed E-state index contributed by atoms with van der Waals surface area (Å²) in [6.07, 6.45) is 3.10. The molecule has 1 aromatic rings. The number of carbonyl (C=O) groups excluding carboxylic acids is 1. The Balaban J connectivity index is 2.91. The summed E-state index contributed by atoms with van der Waals surface area (Å²) >= 11 is 11.3. The zero-order valence-electron chi connectivity index (χ0n) is 8.37. The maximum Gasteiger partial charge on any atom is 0.187 e. The molecule has 1 rings (SSSR count). The van der Waals surface area contributed by atoms with E-state index in [9.17, 15) is 4.79 Å². The lowest BCUT2D eigenvalue weighted by atomic mass is 10.2. The van der Waals surface area contributed by atoms with E-state index in [0.29, 0.717) is 5.56 Å². The summed E-state index contributed by atoms with van der Waals surface area (Å²) in [5.74, 6) is -0.157. The van der Waals surface area contributed by atoms with E-state index >= 15 is 0 Å². The molecule has 0 fully saturated rings. The van der Waals surface area contributed by atoms with Crippen LogP contribution < -0.4 is 0 Å². The molecule has 15 heavy (non-hydrogen) atoms. The smallest absolute Gasteiger partial charge is 0.187 e. The van der Waals surface area contributed by atoms with Crippen LogP contribution in [0.3, 0.4) is 0 Å². The van der Waals surface area contributed by atoms with Crippen LogP contribution in [0.2, 0.25) is 10.3 Å². The zero-order chi connectivity index (χ0) is 11.4. The Bertz CT molecular complexity index is 382. The van der Waals surface area contributed by atoms with Gasteiger partial charge in [0.25, 0.3) is 0 Å². The van der Waals surface area contributed by atoms with E-state index in [-0.39, 0.29) is 16.1 Å². The van der Waals surface area contributed by atoms with Crippen LogP contribution >= 0.6 is 23.2 Å². The second-order valence-electron chi connectivity index (χ2n) is 3.14. The Morgan fingerprint density at radius 2 is 1.87 bits per heavy atom. The van der Waals surface area contributed by atoms with Crippen LogP contribution in [0.15, 0.2) is 24.4 Å². The van der Waals surface area contributed by atoms with Crippen LogP contribution in [0.4, 0.5) is 0 Å². The summed E-state index contributed by atoms with van der Waals surface area (Å²) in [6.45, 7) is 0. The number of pyridine rings is 1. The Kier molecular flexibility index (Phi) is 4.12. The highest BCUT2D eigenvalue weighted by molar-refractivity contribution is 6.33. The Morgan fingerprint density at radius 1 is 1.33 bits per heavy atom. The minimum atomic E-state index is -0.157. The topological polar surface area (TPSA) is 33.2 Å². The molecule has 1 heterocycles. The number of hydrogen-bond acceptors (Lipinski definition) is 3. The molecule has 80 valence electrons. The van der Waals surface area contributed by atoms with Crippen LogP contribution in [0.25, 0.3) is 0 Å². The molecule has 0 aliphatic heterocycles. The van der Waals surface area contributed by atoms with Crippen molar-refractivity contribution in [1.29, 1.82) is 0 Å². The van der Waals surface area contributed by atoms with Gasteiger partial charge in [-0.15, -0.1) is 0 Å². The Hall–Kier alpha value is -1.06. The summed E-state index contributed by atoms with van der Waals surface area (Å²) in [4.78, 5) is 17.1. The number of rotatable bonds is 3. The van der Waals surface area contributed by atoms with Crippen LogP contribution in [0.1, 0.15) is 10.4 Å². The molecule has 0 unspecified atom stereocenters. The lowest BCUT2D eigenvalue weighted by molar-refractivity contribution is 0.104. The van der Waals surface area contributed by atoms with Gasteiger partial charge in [0.2, 0.25) is 0 Å². The molecule has 0 aromatic carbocycles. The normalized spacial score (nSPS) is 10.7. The molecule has 0 atom stereocenters. The summed E-state index contributed by atoms with van der Waals surface area (Å²) in [5, 5.41) is 0.424. The minimum absolute atomic E-state index is 0.157. The summed E-state index contributed by atoms with van der Waals surface area (Å²) in [6, 6.07) is 2.96. The highest BCUT2D eigenvalue weighted by Crippen LogP contribution is 2.15. The van der Waals surface area contributed by atoms with Gasteiger partial charge in [0, 0.05) is 31.9 Å². The zero-order valence-corrected chi connectivity index (χ0v) is 9.88. The van der Waals surface area contributed by atoms with Crippen LogP contribution in [0, 0.1) is 0 Å². The molecule has 0 aliphatic rings. The van der Waals surface area contributed by atoms with E-state index in [1.165, 1.54) is 18.2 Å². The molecule has 5 heteroatoms. The fraction of sp³-hybridized carbons (Fsp3) is 0.200. The third kappa shape index (κ3) is 3.90. The van der Waals surface area contributed by atoms with Crippen LogP contribution in [0.5, 0.6) is 0 Å². The molecule has 0 saturated carbocycles. The molecular formula is C10H10Cl2N2O. The molecule has 0 amide bonds. The van der Waals surface area contributed by atoms with Gasteiger partial charge in [-0.25, -0.2) is 4.98 Å². The number of aromatic nitrogens is 1. The van der Waals surface area contributed by atoms with Gasteiger partial charge in [0.15, 0.2) is 5.78 Å². The van der Waals surface area contributed by atoms with Crippen LogP contribution in [-0.2, 0) is 0 Å². The highest BCUT2D eigenvalue weighted by atomic mass is 35.5. The molecular weight excluding hydrogens is 235 g/mol. The van der Waals surface area contributed by atoms with E-state index in [1.54, 1.807) is 11.1 Å². The minimum Gasteiger partial charge on any atom is -0.383 e. The van der Waals surface area contributed by atoms with Crippen molar-refractivity contribution in [3.05, 3.63) is 40.3 Å². The van der Waals surface area contributed by atoms with E-state index in [0.717, 1.165) is 0 Å². The van der Waals surface area contributed by atoms with Gasteiger partial charge in [0.1, 0.15) is 10.3 Å². The predicted octanol–water partition coefficient (Wildman–Crippen LogP) is 2.65. The van der Waals surface area contributed by atoms with Crippen LogP contribution in [-0.4, -0.2) is 29.8 Å². The molecule has 0 N–H and O–H groups in total. The molecule has 0 radical (unpaired) electrons. The molecule has 0 saturated heterocycles. The third-order valence-electron chi connectivity index (χ3n) is 1.57. The first-order valence-corrected chi connectivity index (χ1v) is 4.96. The molecule has 0 bridgehead atoms. The second-order valence-corrected chi connectivity index (χ2v) is 3.92. The number of nitrogens with zero attached hydrogens (tertiary/aromatic N) is 2. The third-order valence-corrected chi connectivity index (χ3v) is 1.96. The van der Waals surface area contributed by atoms with Gasteiger partial charge >= 0.3 is 0 Å². The number of hydrogen-bond donors (Lipinski definition) is 0. The molecule has 0 aliphatic carbocycles. The van der Waals surface area contributed by atoms with E-state index in [4.69, 9.17) is 23.2 Å². The van der Waals surface area contributed by atoms with Crippen molar-refractivity contribution in [2.75, 3.05) is 14.1 Å². The summed E-state index contributed by atoms with van der Waals surface area (Å²) < 4.78 is 0. The number of ketones is 1. The maximum absolute atomic E-state index is 11.6. The van der Waals surface area contributed by atoms with Gasteiger partial charge in [-0.1, -0.05) is 23.2 Å². The Labute approximate surface area is 98.3 Å². The van der Waals surface area contributed by atoms with Crippen molar-refractivity contribution in [2.45, 2.75) is 0 Å². The second kappa shape index (κ2) is 5.14. The fourth-order valence-electron chi connectivity index (χ4n) is 0.920. The molecule has 3 nitrogen and oxygen atoms in total. The SMILES string of the molecule is CN(C)C=CC(=O)c1cc(Cl)nc(Cl)c1. The molecule has 1 aromatic heterocycles. The van der Waals surface area contributed by atoms with Gasteiger partial charge in [0.05, 0.1) is 0 Å². The first kappa shape index (κ1) is 12.0. The Morgan fingerprint density at radius 3 is 2.33 bits per heavy atom. The average Bonchev–Trinajstić information content (AvgIpc) is 2.12. The largest absolute Gasteiger partial charge is 0.383 e. The van der Waals surface area contributed by atoms with Crippen molar-refractivity contribution < 1.29 is 4.79 Å². The van der Waals surface area contributed by atoms with E-state index < -0.39 is 0 Å². The van der Waals surface area contributed by atoms with Crippen molar-refractivity contribution >= 4 is 29.0 Å². The predicted molar refractivity (Wildman–Crippen MR) is 61.4 cm³/mol. The van der Waals surface area contributed by atoms with Gasteiger partial charge in [-0.3, -0.25) is 4.79 Å². The van der Waals surface area contributed by atoms with E-state index in [2.05, 4.69) is 4.98 Å². The lowest BCUT2D eigenvalue weighted by Gasteiger charge is -2.03. The van der Waals surface area contributed by atoms with E-state index in [1.807, 2.05) is 14.1 Å². The average molecular weight is 245 g/mol. The number of allylic oxidation sites excluding steroid dienone is 1.